The molecule has 0 N–H and O–H groups in total. The van der Waals surface area contributed by atoms with E-state index < -0.39 is 0 Å². The van der Waals surface area contributed by atoms with Crippen molar-refractivity contribution < 1.29 is 9.13 Å². The first-order valence-electron chi connectivity index (χ1n) is 11.1. The molecule has 0 atom stereocenters. The van der Waals surface area contributed by atoms with Crippen LogP contribution in [-0.2, 0) is 0 Å². The Morgan fingerprint density at radius 3 is 2.21 bits per heavy atom. The van der Waals surface area contributed by atoms with E-state index in [1.165, 1.54) is 64.0 Å². The molecule has 0 spiro atoms. The lowest BCUT2D eigenvalue weighted by Crippen LogP contribution is -2.25. The van der Waals surface area contributed by atoms with Crippen LogP contribution in [0.25, 0.3) is 10.8 Å². The summed E-state index contributed by atoms with van der Waals surface area (Å²) in [6.07, 6.45) is 15.5. The summed E-state index contributed by atoms with van der Waals surface area (Å²) in [7, 11) is 1.52. The molecule has 2 aliphatic carbocycles. The Morgan fingerprint density at radius 1 is 0.893 bits per heavy atom. The van der Waals surface area contributed by atoms with Crippen molar-refractivity contribution in [1.82, 2.24) is 0 Å². The highest BCUT2D eigenvalue weighted by Gasteiger charge is 2.30. The Hall–Kier alpha value is -1.83. The largest absolute Gasteiger partial charge is 0.494 e. The molecule has 2 heteroatoms. The second-order valence-electron chi connectivity index (χ2n) is 8.87. The standard InChI is InChI=1S/C26H33FO/c1-3-4-18-5-7-19(8-6-18)20-9-11-21(12-10-20)22-13-15-24-23(17-22)14-16-25(28-2)26(24)27/h3-4,13-21H,5-12H2,1-2H3/b4-3+. The third-order valence-electron chi connectivity index (χ3n) is 7.35. The maximum Gasteiger partial charge on any atom is 0.172 e. The van der Waals surface area contributed by atoms with Gasteiger partial charge in [0.1, 0.15) is 0 Å². The van der Waals surface area contributed by atoms with E-state index in [1.54, 1.807) is 6.07 Å². The lowest BCUT2D eigenvalue weighted by Gasteiger charge is -2.37. The minimum Gasteiger partial charge on any atom is -0.494 e. The van der Waals surface area contributed by atoms with Crippen LogP contribution in [0.15, 0.2) is 42.5 Å². The van der Waals surface area contributed by atoms with E-state index in [0.717, 1.165) is 23.1 Å². The molecule has 28 heavy (non-hydrogen) atoms. The van der Waals surface area contributed by atoms with Crippen molar-refractivity contribution in [3.8, 4) is 5.75 Å². The highest BCUT2D eigenvalue weighted by Crippen LogP contribution is 2.44. The molecule has 4 rings (SSSR count). The van der Waals surface area contributed by atoms with Gasteiger partial charge in [-0.05, 0) is 99.0 Å². The molecule has 0 bridgehead atoms. The summed E-state index contributed by atoms with van der Waals surface area (Å²) in [5.74, 6) is 3.40. The fourth-order valence-electron chi connectivity index (χ4n) is 5.71. The monoisotopic (exact) mass is 380 g/mol. The lowest BCUT2D eigenvalue weighted by atomic mass is 9.68. The van der Waals surface area contributed by atoms with E-state index >= 15 is 0 Å². The van der Waals surface area contributed by atoms with E-state index in [0.29, 0.717) is 17.1 Å². The van der Waals surface area contributed by atoms with Crippen molar-refractivity contribution in [1.29, 1.82) is 0 Å². The van der Waals surface area contributed by atoms with Gasteiger partial charge in [0.2, 0.25) is 0 Å². The number of halogens is 1. The van der Waals surface area contributed by atoms with Gasteiger partial charge in [0.05, 0.1) is 7.11 Å². The van der Waals surface area contributed by atoms with E-state index in [-0.39, 0.29) is 5.82 Å². The molecule has 2 aromatic carbocycles. The third-order valence-corrected chi connectivity index (χ3v) is 7.35. The summed E-state index contributed by atoms with van der Waals surface area (Å²) >= 11 is 0. The molecule has 0 radical (unpaired) electrons. The maximum absolute atomic E-state index is 14.4. The van der Waals surface area contributed by atoms with E-state index in [9.17, 15) is 4.39 Å². The fraction of sp³-hybridized carbons (Fsp3) is 0.538. The molecular weight excluding hydrogens is 347 g/mol. The maximum atomic E-state index is 14.4. The number of benzene rings is 2. The van der Waals surface area contributed by atoms with Gasteiger partial charge in [-0.15, -0.1) is 0 Å². The van der Waals surface area contributed by atoms with Gasteiger partial charge in [0.25, 0.3) is 0 Å². The molecule has 1 nitrogen and oxygen atoms in total. The van der Waals surface area contributed by atoms with Gasteiger partial charge in [0, 0.05) is 5.39 Å². The topological polar surface area (TPSA) is 9.23 Å². The Bertz CT molecular complexity index is 824. The molecule has 0 heterocycles. The number of allylic oxidation sites excluding steroid dienone is 2. The molecular formula is C26H33FO. The number of hydrogen-bond donors (Lipinski definition) is 0. The van der Waals surface area contributed by atoms with Gasteiger partial charge < -0.3 is 4.74 Å². The molecule has 0 aliphatic heterocycles. The second kappa shape index (κ2) is 8.68. The zero-order valence-electron chi connectivity index (χ0n) is 17.3. The number of methoxy groups -OCH3 is 1. The van der Waals surface area contributed by atoms with Gasteiger partial charge in [0.15, 0.2) is 11.6 Å². The molecule has 2 fully saturated rings. The Balaban J connectivity index is 1.39. The van der Waals surface area contributed by atoms with E-state index in [2.05, 4.69) is 31.2 Å². The first-order valence-corrected chi connectivity index (χ1v) is 11.1. The quantitative estimate of drug-likeness (QED) is 0.495. The van der Waals surface area contributed by atoms with Crippen LogP contribution in [0.3, 0.4) is 0 Å². The minimum atomic E-state index is -0.247. The van der Waals surface area contributed by atoms with Crippen LogP contribution in [0.1, 0.15) is 69.8 Å². The molecule has 0 aromatic heterocycles. The molecule has 0 unspecified atom stereocenters. The van der Waals surface area contributed by atoms with Gasteiger partial charge in [-0.2, -0.15) is 0 Å². The molecule has 2 aromatic rings. The Kier molecular flexibility index (Phi) is 6.04. The van der Waals surface area contributed by atoms with Crippen LogP contribution < -0.4 is 4.74 Å². The van der Waals surface area contributed by atoms with Gasteiger partial charge in [-0.3, -0.25) is 0 Å². The predicted molar refractivity (Wildman–Crippen MR) is 115 cm³/mol. The first kappa shape index (κ1) is 19.5. The molecule has 150 valence electrons. The van der Waals surface area contributed by atoms with Crippen molar-refractivity contribution in [2.24, 2.45) is 17.8 Å². The van der Waals surface area contributed by atoms with Crippen LogP contribution in [0, 0.1) is 23.6 Å². The number of fused-ring (bicyclic) bond motifs is 1. The van der Waals surface area contributed by atoms with Crippen LogP contribution in [0.5, 0.6) is 5.75 Å². The Morgan fingerprint density at radius 2 is 1.57 bits per heavy atom. The van der Waals surface area contributed by atoms with Gasteiger partial charge in [-0.25, -0.2) is 4.39 Å². The summed E-state index contributed by atoms with van der Waals surface area (Å²) in [5.41, 5.74) is 1.38. The summed E-state index contributed by atoms with van der Waals surface area (Å²) in [5, 5.41) is 1.65. The van der Waals surface area contributed by atoms with Crippen molar-refractivity contribution >= 4 is 10.8 Å². The van der Waals surface area contributed by atoms with Crippen molar-refractivity contribution in [3.63, 3.8) is 0 Å². The summed E-state index contributed by atoms with van der Waals surface area (Å²) in [6.45, 7) is 2.14. The highest BCUT2D eigenvalue weighted by atomic mass is 19.1. The molecule has 2 saturated carbocycles. The van der Waals surface area contributed by atoms with Gasteiger partial charge in [-0.1, -0.05) is 36.4 Å². The lowest BCUT2D eigenvalue weighted by molar-refractivity contribution is 0.171. The highest BCUT2D eigenvalue weighted by molar-refractivity contribution is 5.85. The van der Waals surface area contributed by atoms with Gasteiger partial charge >= 0.3 is 0 Å². The fourth-order valence-corrected chi connectivity index (χ4v) is 5.71. The predicted octanol–water partition coefficient (Wildman–Crippen LogP) is 7.64. The third kappa shape index (κ3) is 3.97. The van der Waals surface area contributed by atoms with Crippen LogP contribution in [-0.4, -0.2) is 7.11 Å². The summed E-state index contributed by atoms with van der Waals surface area (Å²) in [6, 6.07) is 10.00. The van der Waals surface area contributed by atoms with E-state index in [1.807, 2.05) is 12.1 Å². The van der Waals surface area contributed by atoms with Crippen molar-refractivity contribution in [2.45, 2.75) is 64.2 Å². The van der Waals surface area contributed by atoms with Crippen molar-refractivity contribution in [3.05, 3.63) is 53.9 Å². The smallest absolute Gasteiger partial charge is 0.172 e. The van der Waals surface area contributed by atoms with Crippen molar-refractivity contribution in [2.75, 3.05) is 7.11 Å². The van der Waals surface area contributed by atoms with Crippen LogP contribution >= 0.6 is 0 Å². The Labute approximate surface area is 169 Å². The average Bonchev–Trinajstić information content (AvgIpc) is 2.75. The molecule has 0 amide bonds. The summed E-state index contributed by atoms with van der Waals surface area (Å²) < 4.78 is 19.6. The SMILES string of the molecule is C/C=C/C1CCC(C2CCC(c3ccc4c(F)c(OC)ccc4c3)CC2)CC1. The number of rotatable bonds is 4. The first-order chi connectivity index (χ1) is 13.7. The normalized spacial score (nSPS) is 28.7. The average molecular weight is 381 g/mol. The zero-order valence-corrected chi connectivity index (χ0v) is 17.3. The number of hydrogen-bond acceptors (Lipinski definition) is 1. The van der Waals surface area contributed by atoms with E-state index in [4.69, 9.17) is 4.74 Å². The summed E-state index contributed by atoms with van der Waals surface area (Å²) in [4.78, 5) is 0. The van der Waals surface area contributed by atoms with Crippen LogP contribution in [0.2, 0.25) is 0 Å². The number of ether oxygens (including phenoxy) is 1. The zero-order chi connectivity index (χ0) is 19.5. The minimum absolute atomic E-state index is 0.247. The molecule has 2 aliphatic rings. The molecule has 0 saturated heterocycles. The van der Waals surface area contributed by atoms with Crippen LogP contribution in [0.4, 0.5) is 4.39 Å². The second-order valence-corrected chi connectivity index (χ2v) is 8.87.